The third-order valence-electron chi connectivity index (χ3n) is 11.1. The first-order chi connectivity index (χ1) is 26.0. The zero-order chi connectivity index (χ0) is 35.5. The lowest BCUT2D eigenvalue weighted by Gasteiger charge is -2.30. The molecule has 1 aliphatic rings. The molecule has 10 rings (SSSR count). The number of anilines is 3. The maximum Gasteiger partial charge on any atom is 0.136 e. The fraction of sp³-hybridized carbons (Fsp3) is 0.0588. The summed E-state index contributed by atoms with van der Waals surface area (Å²) in [5.74, 6) is 0. The summed E-state index contributed by atoms with van der Waals surface area (Å²) in [7, 11) is 0. The monoisotopic (exact) mass is 679 g/mol. The molecular weight excluding hydrogens is 643 g/mol. The van der Waals surface area contributed by atoms with Crippen LogP contribution in [0, 0.1) is 0 Å². The van der Waals surface area contributed by atoms with Crippen molar-refractivity contribution in [3.8, 4) is 44.5 Å². The van der Waals surface area contributed by atoms with Crippen LogP contribution in [-0.2, 0) is 5.41 Å². The molecule has 1 aliphatic carbocycles. The molecule has 0 N–H and O–H groups in total. The van der Waals surface area contributed by atoms with Crippen LogP contribution in [0.1, 0.15) is 25.0 Å². The van der Waals surface area contributed by atoms with Gasteiger partial charge in [0.1, 0.15) is 11.2 Å². The first-order valence-corrected chi connectivity index (χ1v) is 18.3. The Morgan fingerprint density at radius 3 is 1.89 bits per heavy atom. The van der Waals surface area contributed by atoms with E-state index in [0.717, 1.165) is 61.3 Å². The molecule has 0 saturated carbocycles. The van der Waals surface area contributed by atoms with Crippen LogP contribution >= 0.6 is 0 Å². The van der Waals surface area contributed by atoms with Crippen LogP contribution in [-0.4, -0.2) is 0 Å². The summed E-state index contributed by atoms with van der Waals surface area (Å²) >= 11 is 0. The largest absolute Gasteiger partial charge is 0.456 e. The van der Waals surface area contributed by atoms with Crippen LogP contribution in [0.25, 0.3) is 66.4 Å². The second kappa shape index (κ2) is 12.3. The van der Waals surface area contributed by atoms with E-state index in [0.29, 0.717) is 0 Å². The summed E-state index contributed by atoms with van der Waals surface area (Å²) in [6, 6.07) is 68.0. The van der Waals surface area contributed by atoms with Crippen molar-refractivity contribution in [1.82, 2.24) is 0 Å². The Morgan fingerprint density at radius 2 is 1.04 bits per heavy atom. The third-order valence-corrected chi connectivity index (χ3v) is 11.1. The van der Waals surface area contributed by atoms with E-state index >= 15 is 0 Å². The lowest BCUT2D eigenvalue weighted by atomic mass is 9.82. The maximum atomic E-state index is 6.48. The van der Waals surface area contributed by atoms with Gasteiger partial charge in [0.15, 0.2) is 0 Å². The van der Waals surface area contributed by atoms with Crippen LogP contribution in [0.2, 0.25) is 0 Å². The molecule has 1 heterocycles. The lowest BCUT2D eigenvalue weighted by Crippen LogP contribution is -2.15. The molecule has 252 valence electrons. The minimum Gasteiger partial charge on any atom is -0.456 e. The smallest absolute Gasteiger partial charge is 0.136 e. The van der Waals surface area contributed by atoms with Gasteiger partial charge in [0.2, 0.25) is 0 Å². The quantitative estimate of drug-likeness (QED) is 0.174. The molecule has 0 bridgehead atoms. The molecule has 2 heteroatoms. The molecule has 0 radical (unpaired) electrons. The summed E-state index contributed by atoms with van der Waals surface area (Å²) in [5, 5.41) is 2.25. The molecular formula is C51H37NO. The minimum atomic E-state index is -0.0805. The number of furan rings is 1. The second-order valence-corrected chi connectivity index (χ2v) is 14.5. The van der Waals surface area contributed by atoms with Gasteiger partial charge in [-0.2, -0.15) is 0 Å². The van der Waals surface area contributed by atoms with Crippen molar-refractivity contribution in [2.75, 3.05) is 4.90 Å². The number of rotatable bonds is 6. The van der Waals surface area contributed by atoms with Crippen molar-refractivity contribution in [3.63, 3.8) is 0 Å². The van der Waals surface area contributed by atoms with Crippen molar-refractivity contribution in [2.45, 2.75) is 19.3 Å². The van der Waals surface area contributed by atoms with Gasteiger partial charge in [-0.1, -0.05) is 153 Å². The SMILES string of the molecule is CC1(C)c2ccccc2-c2cc(N(c3cccc(-c4ccccc4)c3)c3cccc(-c4ccccc4)c3-c3ccc4c(c3)oc3ccccc34)ccc21. The van der Waals surface area contributed by atoms with Crippen LogP contribution in [0.5, 0.6) is 0 Å². The maximum absolute atomic E-state index is 6.48. The molecule has 53 heavy (non-hydrogen) atoms. The minimum absolute atomic E-state index is 0.0805. The Kier molecular flexibility index (Phi) is 7.19. The second-order valence-electron chi connectivity index (χ2n) is 14.5. The van der Waals surface area contributed by atoms with Crippen molar-refractivity contribution < 1.29 is 4.42 Å². The molecule has 0 aliphatic heterocycles. The normalized spacial score (nSPS) is 12.9. The Bertz CT molecular complexity index is 2810. The predicted molar refractivity (Wildman–Crippen MR) is 222 cm³/mol. The number of fused-ring (bicyclic) bond motifs is 6. The van der Waals surface area contributed by atoms with Crippen molar-refractivity contribution >= 4 is 39.0 Å². The fourth-order valence-electron chi connectivity index (χ4n) is 8.50. The van der Waals surface area contributed by atoms with Crippen LogP contribution in [0.3, 0.4) is 0 Å². The van der Waals surface area contributed by atoms with Gasteiger partial charge in [0.25, 0.3) is 0 Å². The van der Waals surface area contributed by atoms with Gasteiger partial charge in [0.05, 0.1) is 5.69 Å². The molecule has 0 spiro atoms. The summed E-state index contributed by atoms with van der Waals surface area (Å²) in [4.78, 5) is 2.45. The van der Waals surface area contributed by atoms with E-state index in [1.54, 1.807) is 0 Å². The number of para-hydroxylation sites is 1. The van der Waals surface area contributed by atoms with Crippen LogP contribution in [0.15, 0.2) is 192 Å². The number of hydrogen-bond acceptors (Lipinski definition) is 2. The van der Waals surface area contributed by atoms with E-state index in [1.807, 2.05) is 12.1 Å². The standard InChI is InChI=1S/C51H37NO/c1-51(2)45-24-11-9-21-41(45)44-33-39(28-30-46(44)51)52(38-20-13-19-36(31-38)34-15-5-3-6-16-34)47-25-14-23-40(35-17-7-4-8-18-35)50(47)37-27-29-43-42-22-10-12-26-48(42)53-49(43)32-37/h3-33H,1-2H3. The molecule has 0 unspecified atom stereocenters. The van der Waals surface area contributed by atoms with E-state index in [9.17, 15) is 0 Å². The Labute approximate surface area is 310 Å². The van der Waals surface area contributed by atoms with Crippen molar-refractivity contribution in [2.24, 2.45) is 0 Å². The zero-order valence-corrected chi connectivity index (χ0v) is 29.8. The average molecular weight is 680 g/mol. The fourth-order valence-corrected chi connectivity index (χ4v) is 8.50. The first kappa shape index (κ1) is 31.1. The number of hydrogen-bond donors (Lipinski definition) is 0. The zero-order valence-electron chi connectivity index (χ0n) is 29.8. The topological polar surface area (TPSA) is 16.4 Å². The molecule has 0 amide bonds. The Balaban J connectivity index is 1.26. The number of nitrogens with zero attached hydrogens (tertiary/aromatic N) is 1. The lowest BCUT2D eigenvalue weighted by molar-refractivity contribution is 0.660. The summed E-state index contributed by atoms with van der Waals surface area (Å²) in [6.45, 7) is 4.68. The highest BCUT2D eigenvalue weighted by Gasteiger charge is 2.35. The van der Waals surface area contributed by atoms with Gasteiger partial charge >= 0.3 is 0 Å². The van der Waals surface area contributed by atoms with Crippen LogP contribution < -0.4 is 4.90 Å². The van der Waals surface area contributed by atoms with Gasteiger partial charge in [-0.25, -0.2) is 0 Å². The molecule has 9 aromatic rings. The highest BCUT2D eigenvalue weighted by atomic mass is 16.3. The Morgan fingerprint density at radius 1 is 0.396 bits per heavy atom. The highest BCUT2D eigenvalue weighted by Crippen LogP contribution is 2.52. The van der Waals surface area contributed by atoms with Gasteiger partial charge in [-0.15, -0.1) is 0 Å². The molecule has 2 nitrogen and oxygen atoms in total. The van der Waals surface area contributed by atoms with E-state index in [4.69, 9.17) is 4.42 Å². The van der Waals surface area contributed by atoms with Gasteiger partial charge in [-0.3, -0.25) is 0 Å². The number of benzene rings is 8. The van der Waals surface area contributed by atoms with Crippen molar-refractivity contribution in [3.05, 3.63) is 199 Å². The van der Waals surface area contributed by atoms with Gasteiger partial charge in [0, 0.05) is 33.1 Å². The molecule has 8 aromatic carbocycles. The summed E-state index contributed by atoms with van der Waals surface area (Å²) in [5.41, 5.74) is 17.2. The summed E-state index contributed by atoms with van der Waals surface area (Å²) in [6.07, 6.45) is 0. The highest BCUT2D eigenvalue weighted by molar-refractivity contribution is 6.07. The van der Waals surface area contributed by atoms with E-state index in [-0.39, 0.29) is 5.41 Å². The van der Waals surface area contributed by atoms with Gasteiger partial charge in [-0.05, 0) is 98.6 Å². The predicted octanol–water partition coefficient (Wildman–Crippen LogP) is 14.4. The van der Waals surface area contributed by atoms with Gasteiger partial charge < -0.3 is 9.32 Å². The van der Waals surface area contributed by atoms with Crippen LogP contribution in [0.4, 0.5) is 17.1 Å². The first-order valence-electron chi connectivity index (χ1n) is 18.3. The molecule has 0 fully saturated rings. The molecule has 1 aromatic heterocycles. The Hall–Kier alpha value is -6.64. The van der Waals surface area contributed by atoms with E-state index in [1.165, 1.54) is 33.4 Å². The summed E-state index contributed by atoms with van der Waals surface area (Å²) < 4.78 is 6.48. The average Bonchev–Trinajstić information content (AvgIpc) is 3.70. The van der Waals surface area contributed by atoms with E-state index in [2.05, 4.69) is 195 Å². The third kappa shape index (κ3) is 5.10. The molecule has 0 saturated heterocycles. The van der Waals surface area contributed by atoms with Crippen molar-refractivity contribution in [1.29, 1.82) is 0 Å². The van der Waals surface area contributed by atoms with E-state index < -0.39 is 0 Å². The molecule has 0 atom stereocenters.